The van der Waals surface area contributed by atoms with E-state index >= 15 is 0 Å². The average Bonchev–Trinajstić information content (AvgIpc) is 2.99. The molecule has 4 nitrogen and oxygen atoms in total. The second-order valence-corrected chi connectivity index (χ2v) is 6.44. The average molecular weight is 285 g/mol. The van der Waals surface area contributed by atoms with Gasteiger partial charge in [-0.05, 0) is 36.8 Å². The van der Waals surface area contributed by atoms with Gasteiger partial charge in [0.15, 0.2) is 11.6 Å². The summed E-state index contributed by atoms with van der Waals surface area (Å²) in [4.78, 5) is 9.18. The summed E-state index contributed by atoms with van der Waals surface area (Å²) in [6.45, 7) is 6.65. The second kappa shape index (κ2) is 5.51. The van der Waals surface area contributed by atoms with Gasteiger partial charge in [0, 0.05) is 24.7 Å². The van der Waals surface area contributed by atoms with E-state index in [2.05, 4.69) is 42.1 Å². The van der Waals surface area contributed by atoms with Crippen molar-refractivity contribution in [2.45, 2.75) is 39.5 Å². The molecule has 0 aromatic carbocycles. The maximum absolute atomic E-state index is 5.97. The van der Waals surface area contributed by atoms with Gasteiger partial charge in [-0.25, -0.2) is 9.97 Å². The molecule has 0 bridgehead atoms. The normalized spacial score (nSPS) is 20.8. The fourth-order valence-electron chi connectivity index (χ4n) is 2.65. The summed E-state index contributed by atoms with van der Waals surface area (Å²) in [5, 5.41) is 3.11. The molecule has 2 aromatic rings. The minimum atomic E-state index is 0.567. The SMILES string of the molecule is CNc1cc(CC(C)C)nc(-c2ccc(C3CC3C)o2)n1. The summed E-state index contributed by atoms with van der Waals surface area (Å²) in [5.41, 5.74) is 1.05. The van der Waals surface area contributed by atoms with Crippen LogP contribution < -0.4 is 5.32 Å². The molecular weight excluding hydrogens is 262 g/mol. The van der Waals surface area contributed by atoms with Crippen molar-refractivity contribution >= 4 is 5.82 Å². The van der Waals surface area contributed by atoms with E-state index in [0.29, 0.717) is 17.7 Å². The van der Waals surface area contributed by atoms with Gasteiger partial charge in [-0.15, -0.1) is 0 Å². The third-order valence-electron chi connectivity index (χ3n) is 3.97. The first-order valence-corrected chi connectivity index (χ1v) is 7.72. The van der Waals surface area contributed by atoms with Crippen molar-refractivity contribution in [3.8, 4) is 11.6 Å². The first-order valence-electron chi connectivity index (χ1n) is 7.72. The molecule has 0 radical (unpaired) electrons. The fraction of sp³-hybridized carbons (Fsp3) is 0.529. The van der Waals surface area contributed by atoms with Crippen molar-refractivity contribution in [2.75, 3.05) is 12.4 Å². The topological polar surface area (TPSA) is 51.0 Å². The Labute approximate surface area is 126 Å². The zero-order valence-electron chi connectivity index (χ0n) is 13.2. The maximum atomic E-state index is 5.97. The van der Waals surface area contributed by atoms with Crippen LogP contribution in [0.2, 0.25) is 0 Å². The van der Waals surface area contributed by atoms with Crippen LogP contribution in [0.1, 0.15) is 44.6 Å². The minimum Gasteiger partial charge on any atom is -0.457 e. The highest BCUT2D eigenvalue weighted by Crippen LogP contribution is 2.47. The van der Waals surface area contributed by atoms with E-state index in [1.165, 1.54) is 6.42 Å². The van der Waals surface area contributed by atoms with Crippen LogP contribution in [0.15, 0.2) is 22.6 Å². The zero-order valence-corrected chi connectivity index (χ0v) is 13.2. The first kappa shape index (κ1) is 14.1. The highest BCUT2D eigenvalue weighted by atomic mass is 16.3. The van der Waals surface area contributed by atoms with E-state index in [0.717, 1.165) is 35.4 Å². The second-order valence-electron chi connectivity index (χ2n) is 6.44. The molecule has 1 aliphatic rings. The molecule has 2 aromatic heterocycles. The van der Waals surface area contributed by atoms with Crippen LogP contribution in [0.5, 0.6) is 0 Å². The van der Waals surface area contributed by atoms with Crippen LogP contribution in [0, 0.1) is 11.8 Å². The van der Waals surface area contributed by atoms with E-state index < -0.39 is 0 Å². The monoisotopic (exact) mass is 285 g/mol. The molecule has 4 heteroatoms. The molecule has 21 heavy (non-hydrogen) atoms. The van der Waals surface area contributed by atoms with Gasteiger partial charge in [0.05, 0.1) is 0 Å². The van der Waals surface area contributed by atoms with Crippen LogP contribution in [0.25, 0.3) is 11.6 Å². The lowest BCUT2D eigenvalue weighted by atomic mass is 10.1. The summed E-state index contributed by atoms with van der Waals surface area (Å²) in [6.07, 6.45) is 2.17. The molecule has 1 aliphatic carbocycles. The van der Waals surface area contributed by atoms with E-state index in [1.807, 2.05) is 19.2 Å². The van der Waals surface area contributed by atoms with Gasteiger partial charge in [0.2, 0.25) is 0 Å². The first-order chi connectivity index (χ1) is 10.1. The quantitative estimate of drug-likeness (QED) is 0.898. The largest absolute Gasteiger partial charge is 0.457 e. The number of furan rings is 1. The minimum absolute atomic E-state index is 0.567. The number of aromatic nitrogens is 2. The van der Waals surface area contributed by atoms with Crippen LogP contribution in [0.4, 0.5) is 5.82 Å². The summed E-state index contributed by atoms with van der Waals surface area (Å²) in [5.74, 6) is 5.25. The van der Waals surface area contributed by atoms with Gasteiger partial charge in [0.1, 0.15) is 11.6 Å². The van der Waals surface area contributed by atoms with E-state index in [1.54, 1.807) is 0 Å². The Hall–Kier alpha value is -1.84. The molecule has 1 saturated carbocycles. The van der Waals surface area contributed by atoms with Crippen molar-refractivity contribution < 1.29 is 4.42 Å². The third-order valence-corrected chi connectivity index (χ3v) is 3.97. The Bertz CT molecular complexity index is 633. The summed E-state index contributed by atoms with van der Waals surface area (Å²) in [7, 11) is 1.88. The Morgan fingerprint density at radius 3 is 2.71 bits per heavy atom. The number of nitrogens with one attached hydrogen (secondary N) is 1. The molecule has 0 saturated heterocycles. The van der Waals surface area contributed by atoms with Crippen molar-refractivity contribution in [1.82, 2.24) is 9.97 Å². The smallest absolute Gasteiger partial charge is 0.197 e. The number of hydrogen-bond acceptors (Lipinski definition) is 4. The number of anilines is 1. The molecule has 2 atom stereocenters. The van der Waals surface area contributed by atoms with Crippen LogP contribution in [-0.4, -0.2) is 17.0 Å². The molecule has 112 valence electrons. The molecule has 2 heterocycles. The van der Waals surface area contributed by atoms with Gasteiger partial charge in [0.25, 0.3) is 0 Å². The number of hydrogen-bond donors (Lipinski definition) is 1. The lowest BCUT2D eigenvalue weighted by Crippen LogP contribution is -2.03. The summed E-state index contributed by atoms with van der Waals surface area (Å²) >= 11 is 0. The lowest BCUT2D eigenvalue weighted by Gasteiger charge is -2.08. The molecule has 0 amide bonds. The standard InChI is InChI=1S/C17H23N3O/c1-10(2)7-12-9-16(18-4)20-17(19-12)15-6-5-14(21-15)13-8-11(13)3/h5-6,9-11,13H,7-8H2,1-4H3,(H,18,19,20). The molecule has 3 rings (SSSR count). The molecule has 0 spiro atoms. The molecule has 1 N–H and O–H groups in total. The van der Waals surface area contributed by atoms with Gasteiger partial charge >= 0.3 is 0 Å². The predicted molar refractivity (Wildman–Crippen MR) is 84.3 cm³/mol. The van der Waals surface area contributed by atoms with Crippen LogP contribution in [0.3, 0.4) is 0 Å². The van der Waals surface area contributed by atoms with Crippen LogP contribution >= 0.6 is 0 Å². The highest BCUT2D eigenvalue weighted by molar-refractivity contribution is 5.52. The Balaban J connectivity index is 1.91. The Kier molecular flexibility index (Phi) is 3.70. The number of rotatable bonds is 5. The van der Waals surface area contributed by atoms with Crippen molar-refractivity contribution in [2.24, 2.45) is 11.8 Å². The van der Waals surface area contributed by atoms with Gasteiger partial charge in [-0.3, -0.25) is 0 Å². The summed E-state index contributed by atoms with van der Waals surface area (Å²) < 4.78 is 5.97. The van der Waals surface area contributed by atoms with Gasteiger partial charge < -0.3 is 9.73 Å². The van der Waals surface area contributed by atoms with E-state index in [-0.39, 0.29) is 0 Å². The van der Waals surface area contributed by atoms with Crippen LogP contribution in [-0.2, 0) is 6.42 Å². The fourth-order valence-corrected chi connectivity index (χ4v) is 2.65. The van der Waals surface area contributed by atoms with Gasteiger partial charge in [-0.1, -0.05) is 20.8 Å². The van der Waals surface area contributed by atoms with Gasteiger partial charge in [-0.2, -0.15) is 0 Å². The van der Waals surface area contributed by atoms with Crippen molar-refractivity contribution in [1.29, 1.82) is 0 Å². The highest BCUT2D eigenvalue weighted by Gasteiger charge is 2.36. The molecular formula is C17H23N3O. The van der Waals surface area contributed by atoms with Crippen molar-refractivity contribution in [3.05, 3.63) is 29.7 Å². The Morgan fingerprint density at radius 2 is 2.10 bits per heavy atom. The van der Waals surface area contributed by atoms with E-state index in [9.17, 15) is 0 Å². The maximum Gasteiger partial charge on any atom is 0.197 e. The molecule has 2 unspecified atom stereocenters. The van der Waals surface area contributed by atoms with E-state index in [4.69, 9.17) is 4.42 Å². The molecule has 0 aliphatic heterocycles. The lowest BCUT2D eigenvalue weighted by molar-refractivity contribution is 0.514. The number of nitrogens with zero attached hydrogens (tertiary/aromatic N) is 2. The summed E-state index contributed by atoms with van der Waals surface area (Å²) in [6, 6.07) is 6.08. The third kappa shape index (κ3) is 3.09. The Morgan fingerprint density at radius 1 is 1.33 bits per heavy atom. The predicted octanol–water partition coefficient (Wildman–Crippen LogP) is 4.10. The molecule has 1 fully saturated rings. The zero-order chi connectivity index (χ0) is 15.0. The van der Waals surface area contributed by atoms with Crippen molar-refractivity contribution in [3.63, 3.8) is 0 Å².